The van der Waals surface area contributed by atoms with Crippen molar-refractivity contribution in [3.05, 3.63) is 65.2 Å². The molecule has 1 unspecified atom stereocenters. The lowest BCUT2D eigenvalue weighted by atomic mass is 10.1. The standard InChI is InChI=1S/C16H13NO2S/c1-12-4-2-3-5-16(12)20(19)11-15(18)14-8-6-13(10-17)7-9-14/h2-9H,11H2,1H3. The van der Waals surface area contributed by atoms with Crippen LogP contribution in [0.5, 0.6) is 0 Å². The van der Waals surface area contributed by atoms with Crippen LogP contribution in [0.25, 0.3) is 0 Å². The zero-order valence-corrected chi connectivity index (χ0v) is 11.8. The van der Waals surface area contributed by atoms with E-state index in [2.05, 4.69) is 0 Å². The fourth-order valence-corrected chi connectivity index (χ4v) is 3.04. The van der Waals surface area contributed by atoms with Crippen LogP contribution in [0.2, 0.25) is 0 Å². The Balaban J connectivity index is 2.13. The quantitative estimate of drug-likeness (QED) is 0.811. The number of carbonyl (C=O) groups excluding carboxylic acids is 1. The molecule has 0 saturated heterocycles. The molecule has 0 aliphatic heterocycles. The van der Waals surface area contributed by atoms with E-state index in [0.717, 1.165) is 5.56 Å². The van der Waals surface area contributed by atoms with E-state index in [1.165, 1.54) is 0 Å². The Hall–Kier alpha value is -2.25. The fraction of sp³-hybridized carbons (Fsp3) is 0.125. The number of aryl methyl sites for hydroxylation is 1. The highest BCUT2D eigenvalue weighted by atomic mass is 32.2. The Morgan fingerprint density at radius 1 is 1.15 bits per heavy atom. The van der Waals surface area contributed by atoms with Gasteiger partial charge in [0, 0.05) is 10.5 Å². The molecule has 0 N–H and O–H groups in total. The summed E-state index contributed by atoms with van der Waals surface area (Å²) >= 11 is 0. The normalized spacial score (nSPS) is 11.6. The van der Waals surface area contributed by atoms with Crippen LogP contribution in [0.15, 0.2) is 53.4 Å². The van der Waals surface area contributed by atoms with Gasteiger partial charge in [-0.15, -0.1) is 0 Å². The number of hydrogen-bond donors (Lipinski definition) is 0. The largest absolute Gasteiger partial charge is 0.293 e. The molecule has 0 fully saturated rings. The van der Waals surface area contributed by atoms with Crippen LogP contribution < -0.4 is 0 Å². The van der Waals surface area contributed by atoms with Crippen LogP contribution in [0.4, 0.5) is 0 Å². The first-order valence-electron chi connectivity index (χ1n) is 6.09. The summed E-state index contributed by atoms with van der Waals surface area (Å²) in [5.74, 6) is -0.229. The average Bonchev–Trinajstić information content (AvgIpc) is 2.47. The summed E-state index contributed by atoms with van der Waals surface area (Å²) in [6.07, 6.45) is 0. The molecule has 2 aromatic carbocycles. The minimum Gasteiger partial charge on any atom is -0.293 e. The van der Waals surface area contributed by atoms with Gasteiger partial charge in [0.25, 0.3) is 0 Å². The van der Waals surface area contributed by atoms with Gasteiger partial charge in [0.05, 0.1) is 28.2 Å². The van der Waals surface area contributed by atoms with Crippen LogP contribution in [-0.2, 0) is 10.8 Å². The Morgan fingerprint density at radius 2 is 1.80 bits per heavy atom. The molecule has 0 spiro atoms. The van der Waals surface area contributed by atoms with Crippen LogP contribution in [-0.4, -0.2) is 15.7 Å². The summed E-state index contributed by atoms with van der Waals surface area (Å²) < 4.78 is 12.2. The highest BCUT2D eigenvalue weighted by Crippen LogP contribution is 2.14. The number of nitrogens with zero attached hydrogens (tertiary/aromatic N) is 1. The molecule has 3 nitrogen and oxygen atoms in total. The van der Waals surface area contributed by atoms with E-state index in [1.54, 1.807) is 30.3 Å². The van der Waals surface area contributed by atoms with E-state index in [0.29, 0.717) is 16.0 Å². The lowest BCUT2D eigenvalue weighted by Crippen LogP contribution is -2.11. The van der Waals surface area contributed by atoms with Gasteiger partial charge in [-0.2, -0.15) is 5.26 Å². The van der Waals surface area contributed by atoms with Crippen molar-refractivity contribution in [2.75, 3.05) is 5.75 Å². The van der Waals surface area contributed by atoms with Gasteiger partial charge >= 0.3 is 0 Å². The lowest BCUT2D eigenvalue weighted by molar-refractivity contribution is 0.102. The first kappa shape index (κ1) is 14.2. The fourth-order valence-electron chi connectivity index (χ4n) is 1.82. The van der Waals surface area contributed by atoms with E-state index in [9.17, 15) is 9.00 Å². The minimum absolute atomic E-state index is 0.0449. The van der Waals surface area contributed by atoms with Crippen LogP contribution in [0, 0.1) is 18.3 Å². The van der Waals surface area contributed by atoms with Crippen molar-refractivity contribution < 1.29 is 9.00 Å². The molecule has 0 bridgehead atoms. The molecule has 2 aromatic rings. The van der Waals surface area contributed by atoms with E-state index < -0.39 is 10.8 Å². The van der Waals surface area contributed by atoms with Crippen molar-refractivity contribution in [1.29, 1.82) is 5.26 Å². The number of carbonyl (C=O) groups is 1. The van der Waals surface area contributed by atoms with Gasteiger partial charge in [0.15, 0.2) is 5.78 Å². The van der Waals surface area contributed by atoms with Gasteiger partial charge < -0.3 is 0 Å². The topological polar surface area (TPSA) is 57.9 Å². The Morgan fingerprint density at radius 3 is 2.40 bits per heavy atom. The van der Waals surface area contributed by atoms with E-state index in [1.807, 2.05) is 31.2 Å². The Kier molecular flexibility index (Phi) is 4.44. The monoisotopic (exact) mass is 283 g/mol. The Labute approximate surface area is 120 Å². The summed E-state index contributed by atoms with van der Waals surface area (Å²) in [7, 11) is -1.35. The Bertz CT molecular complexity index is 699. The third-order valence-electron chi connectivity index (χ3n) is 2.94. The molecule has 0 aliphatic carbocycles. The van der Waals surface area contributed by atoms with Crippen molar-refractivity contribution in [1.82, 2.24) is 0 Å². The molecule has 0 amide bonds. The first-order chi connectivity index (χ1) is 9.61. The first-order valence-corrected chi connectivity index (χ1v) is 7.41. The second-order valence-corrected chi connectivity index (χ2v) is 5.79. The summed E-state index contributed by atoms with van der Waals surface area (Å²) in [6, 6.07) is 15.7. The van der Waals surface area contributed by atoms with E-state index >= 15 is 0 Å². The van der Waals surface area contributed by atoms with Gasteiger partial charge in [-0.3, -0.25) is 9.00 Å². The number of Topliss-reactive ketones (excluding diaryl/α,β-unsaturated/α-hetero) is 1. The molecule has 0 radical (unpaired) electrons. The number of benzene rings is 2. The van der Waals surface area contributed by atoms with Crippen LogP contribution in [0.3, 0.4) is 0 Å². The maximum absolute atomic E-state index is 12.2. The summed E-state index contributed by atoms with van der Waals surface area (Å²) in [5, 5.41) is 8.71. The van der Waals surface area contributed by atoms with Gasteiger partial charge in [-0.25, -0.2) is 0 Å². The number of rotatable bonds is 4. The van der Waals surface area contributed by atoms with Gasteiger partial charge in [-0.05, 0) is 30.7 Å². The van der Waals surface area contributed by atoms with Crippen molar-refractivity contribution in [2.45, 2.75) is 11.8 Å². The van der Waals surface area contributed by atoms with Gasteiger partial charge in [0.1, 0.15) is 0 Å². The third kappa shape index (κ3) is 3.19. The number of ketones is 1. The van der Waals surface area contributed by atoms with Crippen LogP contribution >= 0.6 is 0 Å². The van der Waals surface area contributed by atoms with E-state index in [-0.39, 0.29) is 11.5 Å². The predicted molar refractivity (Wildman–Crippen MR) is 77.9 cm³/mol. The highest BCUT2D eigenvalue weighted by molar-refractivity contribution is 7.85. The minimum atomic E-state index is -1.35. The molecule has 0 heterocycles. The van der Waals surface area contributed by atoms with E-state index in [4.69, 9.17) is 5.26 Å². The summed E-state index contributed by atoms with van der Waals surface area (Å²) in [6.45, 7) is 1.87. The maximum Gasteiger partial charge on any atom is 0.175 e. The smallest absolute Gasteiger partial charge is 0.175 e. The second kappa shape index (κ2) is 6.27. The van der Waals surface area contributed by atoms with Crippen LogP contribution in [0.1, 0.15) is 21.5 Å². The molecule has 0 aliphatic rings. The highest BCUT2D eigenvalue weighted by Gasteiger charge is 2.13. The predicted octanol–water partition coefficient (Wildman–Crippen LogP) is 2.86. The third-order valence-corrected chi connectivity index (χ3v) is 4.41. The second-order valence-electron chi connectivity index (χ2n) is 4.37. The molecule has 1 atom stereocenters. The van der Waals surface area contributed by atoms with Gasteiger partial charge in [0.2, 0.25) is 0 Å². The van der Waals surface area contributed by atoms with Gasteiger partial charge in [-0.1, -0.05) is 30.3 Å². The molecule has 20 heavy (non-hydrogen) atoms. The molecular formula is C16H13NO2S. The zero-order chi connectivity index (χ0) is 14.5. The summed E-state index contributed by atoms with van der Waals surface area (Å²) in [5.41, 5.74) is 1.89. The van der Waals surface area contributed by atoms with Crippen molar-refractivity contribution in [3.63, 3.8) is 0 Å². The molecule has 2 rings (SSSR count). The van der Waals surface area contributed by atoms with Crippen molar-refractivity contribution >= 4 is 16.6 Å². The molecule has 0 saturated carbocycles. The number of hydrogen-bond acceptors (Lipinski definition) is 3. The SMILES string of the molecule is Cc1ccccc1S(=O)CC(=O)c1ccc(C#N)cc1. The zero-order valence-electron chi connectivity index (χ0n) is 11.0. The number of nitriles is 1. The molecular weight excluding hydrogens is 270 g/mol. The maximum atomic E-state index is 12.2. The molecule has 0 aromatic heterocycles. The lowest BCUT2D eigenvalue weighted by Gasteiger charge is -2.05. The molecule has 100 valence electrons. The molecule has 4 heteroatoms. The van der Waals surface area contributed by atoms with Crippen molar-refractivity contribution in [3.8, 4) is 6.07 Å². The summed E-state index contributed by atoms with van der Waals surface area (Å²) in [4.78, 5) is 12.8. The van der Waals surface area contributed by atoms with Crippen molar-refractivity contribution in [2.24, 2.45) is 0 Å². The average molecular weight is 283 g/mol.